The Kier molecular flexibility index (Phi) is 2.62. The summed E-state index contributed by atoms with van der Waals surface area (Å²) in [7, 11) is 0. The van der Waals surface area contributed by atoms with Crippen molar-refractivity contribution in [3.63, 3.8) is 0 Å². The number of hydrogen-bond donors (Lipinski definition) is 2. The molecule has 1 unspecified atom stereocenters. The highest BCUT2D eigenvalue weighted by Crippen LogP contribution is 2.23. The summed E-state index contributed by atoms with van der Waals surface area (Å²) in [5.41, 5.74) is 0. The number of thiazole rings is 1. The average Bonchev–Trinajstić information content (AvgIpc) is 2.34. The van der Waals surface area contributed by atoms with E-state index in [1.165, 1.54) is 6.20 Å². The minimum absolute atomic E-state index is 0.316. The number of aromatic nitrogens is 1. The van der Waals surface area contributed by atoms with E-state index in [1.54, 1.807) is 0 Å². The molecular weight excluding hydrogens is 174 g/mol. The number of aliphatic hydroxyl groups excluding tert-OH is 2. The van der Waals surface area contributed by atoms with Gasteiger partial charge in [0.2, 0.25) is 0 Å². The van der Waals surface area contributed by atoms with Gasteiger partial charge < -0.3 is 10.2 Å². The van der Waals surface area contributed by atoms with Crippen molar-refractivity contribution in [3.8, 4) is 0 Å². The molecule has 0 bridgehead atoms. The van der Waals surface area contributed by atoms with E-state index in [9.17, 15) is 0 Å². The quantitative estimate of drug-likeness (QED) is 0.707. The highest BCUT2D eigenvalue weighted by Gasteiger charge is 2.09. The molecule has 1 aromatic heterocycles. The normalized spacial score (nSPS) is 13.5. The summed E-state index contributed by atoms with van der Waals surface area (Å²) in [5, 5.41) is 17.9. The fourth-order valence-electron chi connectivity index (χ4n) is 0.499. The lowest BCUT2D eigenvalue weighted by Crippen LogP contribution is -2.00. The van der Waals surface area contributed by atoms with Crippen molar-refractivity contribution in [1.82, 2.24) is 4.98 Å². The molecule has 0 aromatic carbocycles. The fraction of sp³-hybridized carbons (Fsp3) is 0.400. The first-order valence-electron chi connectivity index (χ1n) is 2.64. The van der Waals surface area contributed by atoms with E-state index < -0.39 is 6.10 Å². The molecular formula is C5H6ClNO2S. The van der Waals surface area contributed by atoms with Crippen LogP contribution in [0.4, 0.5) is 0 Å². The predicted octanol–water partition coefficient (Wildman–Crippen LogP) is 0.822. The van der Waals surface area contributed by atoms with Crippen molar-refractivity contribution >= 4 is 22.9 Å². The lowest BCUT2D eigenvalue weighted by molar-refractivity contribution is 0.0954. The van der Waals surface area contributed by atoms with Crippen LogP contribution in [0.2, 0.25) is 4.34 Å². The standard InChI is InChI=1S/C5H6ClNO2S/c6-4-1-7-5(10-4)3(9)2-8/h1,3,8-9H,2H2. The van der Waals surface area contributed by atoms with Gasteiger partial charge in [0.25, 0.3) is 0 Å². The summed E-state index contributed by atoms with van der Waals surface area (Å²) in [6, 6.07) is 0. The number of nitrogens with zero attached hydrogens (tertiary/aromatic N) is 1. The minimum atomic E-state index is -0.891. The van der Waals surface area contributed by atoms with Crippen LogP contribution in [0.15, 0.2) is 6.20 Å². The van der Waals surface area contributed by atoms with Gasteiger partial charge in [-0.05, 0) is 0 Å². The van der Waals surface area contributed by atoms with Crippen molar-refractivity contribution < 1.29 is 10.2 Å². The van der Waals surface area contributed by atoms with E-state index >= 15 is 0 Å². The van der Waals surface area contributed by atoms with Gasteiger partial charge in [-0.25, -0.2) is 4.98 Å². The molecule has 0 radical (unpaired) electrons. The molecule has 0 fully saturated rings. The maximum atomic E-state index is 8.98. The molecule has 5 heteroatoms. The molecule has 0 aliphatic carbocycles. The Morgan fingerprint density at radius 2 is 2.50 bits per heavy atom. The molecule has 0 aliphatic heterocycles. The first kappa shape index (κ1) is 7.94. The van der Waals surface area contributed by atoms with Crippen molar-refractivity contribution in [3.05, 3.63) is 15.5 Å². The SMILES string of the molecule is OCC(O)c1ncc(Cl)s1. The van der Waals surface area contributed by atoms with Crippen LogP contribution in [0.5, 0.6) is 0 Å². The van der Waals surface area contributed by atoms with E-state index in [1.807, 2.05) is 0 Å². The summed E-state index contributed by atoms with van der Waals surface area (Å²) < 4.78 is 0.516. The topological polar surface area (TPSA) is 53.4 Å². The second kappa shape index (κ2) is 3.30. The Labute approximate surface area is 66.9 Å². The third-order valence-corrected chi connectivity index (χ3v) is 2.17. The van der Waals surface area contributed by atoms with E-state index in [-0.39, 0.29) is 6.61 Å². The number of hydrogen-bond acceptors (Lipinski definition) is 4. The van der Waals surface area contributed by atoms with Gasteiger partial charge in [-0.15, -0.1) is 11.3 Å². The number of aliphatic hydroxyl groups is 2. The van der Waals surface area contributed by atoms with Crippen LogP contribution in [0, 0.1) is 0 Å². The van der Waals surface area contributed by atoms with Crippen LogP contribution in [0.1, 0.15) is 11.1 Å². The highest BCUT2D eigenvalue weighted by atomic mass is 35.5. The lowest BCUT2D eigenvalue weighted by atomic mass is 10.4. The smallest absolute Gasteiger partial charge is 0.129 e. The molecule has 1 atom stereocenters. The van der Waals surface area contributed by atoms with E-state index in [0.29, 0.717) is 9.34 Å². The highest BCUT2D eigenvalue weighted by molar-refractivity contribution is 7.15. The predicted molar refractivity (Wildman–Crippen MR) is 39.2 cm³/mol. The van der Waals surface area contributed by atoms with E-state index in [4.69, 9.17) is 21.8 Å². The summed E-state index contributed by atoms with van der Waals surface area (Å²) in [4.78, 5) is 3.76. The van der Waals surface area contributed by atoms with Gasteiger partial charge in [-0.2, -0.15) is 0 Å². The molecule has 0 spiro atoms. The summed E-state index contributed by atoms with van der Waals surface area (Å²) in [6.45, 7) is -0.316. The second-order valence-corrected chi connectivity index (χ2v) is 3.39. The van der Waals surface area contributed by atoms with Crippen molar-refractivity contribution in [2.75, 3.05) is 6.61 Å². The van der Waals surface area contributed by atoms with Gasteiger partial charge in [0, 0.05) is 0 Å². The summed E-state index contributed by atoms with van der Waals surface area (Å²) in [5.74, 6) is 0. The van der Waals surface area contributed by atoms with Crippen molar-refractivity contribution in [2.45, 2.75) is 6.10 Å². The second-order valence-electron chi connectivity index (χ2n) is 1.70. The van der Waals surface area contributed by atoms with Crippen LogP contribution in [-0.2, 0) is 0 Å². The Balaban J connectivity index is 2.74. The average molecular weight is 180 g/mol. The van der Waals surface area contributed by atoms with Crippen LogP contribution in [0.25, 0.3) is 0 Å². The molecule has 0 amide bonds. The van der Waals surface area contributed by atoms with Crippen LogP contribution < -0.4 is 0 Å². The molecule has 1 heterocycles. The maximum absolute atomic E-state index is 8.98. The van der Waals surface area contributed by atoms with Gasteiger partial charge in [-0.3, -0.25) is 0 Å². The minimum Gasteiger partial charge on any atom is -0.393 e. The zero-order valence-electron chi connectivity index (χ0n) is 4.99. The third-order valence-electron chi connectivity index (χ3n) is 0.953. The summed E-state index contributed by atoms with van der Waals surface area (Å²) in [6.07, 6.45) is 0.554. The Morgan fingerprint density at radius 3 is 2.90 bits per heavy atom. The molecule has 0 saturated carbocycles. The molecule has 0 saturated heterocycles. The number of rotatable bonds is 2. The molecule has 1 aromatic rings. The summed E-state index contributed by atoms with van der Waals surface area (Å²) >= 11 is 6.69. The molecule has 0 aliphatic rings. The lowest BCUT2D eigenvalue weighted by Gasteiger charge is -1.99. The molecule has 10 heavy (non-hydrogen) atoms. The molecule has 1 rings (SSSR count). The first-order chi connectivity index (χ1) is 4.74. The largest absolute Gasteiger partial charge is 0.393 e. The molecule has 56 valence electrons. The van der Waals surface area contributed by atoms with Crippen LogP contribution in [-0.4, -0.2) is 21.8 Å². The van der Waals surface area contributed by atoms with E-state index in [2.05, 4.69) is 4.98 Å². The molecule has 2 N–H and O–H groups in total. The van der Waals surface area contributed by atoms with Gasteiger partial charge in [0.05, 0.1) is 12.8 Å². The van der Waals surface area contributed by atoms with Crippen molar-refractivity contribution in [2.24, 2.45) is 0 Å². The monoisotopic (exact) mass is 179 g/mol. The maximum Gasteiger partial charge on any atom is 0.129 e. The zero-order valence-corrected chi connectivity index (χ0v) is 6.56. The first-order valence-corrected chi connectivity index (χ1v) is 3.83. The Hall–Kier alpha value is -0.160. The third kappa shape index (κ3) is 1.67. The number of halogens is 1. The van der Waals surface area contributed by atoms with Crippen LogP contribution in [0.3, 0.4) is 0 Å². The van der Waals surface area contributed by atoms with Gasteiger partial charge >= 0.3 is 0 Å². The zero-order chi connectivity index (χ0) is 7.56. The Bertz CT molecular complexity index is 215. The van der Waals surface area contributed by atoms with Crippen LogP contribution >= 0.6 is 22.9 Å². The van der Waals surface area contributed by atoms with Gasteiger partial charge in [0.15, 0.2) is 0 Å². The fourth-order valence-corrected chi connectivity index (χ4v) is 1.41. The van der Waals surface area contributed by atoms with Crippen molar-refractivity contribution in [1.29, 1.82) is 0 Å². The van der Waals surface area contributed by atoms with Gasteiger partial charge in [0.1, 0.15) is 15.4 Å². The molecule has 3 nitrogen and oxygen atoms in total. The van der Waals surface area contributed by atoms with E-state index in [0.717, 1.165) is 11.3 Å². The Morgan fingerprint density at radius 1 is 1.80 bits per heavy atom. The van der Waals surface area contributed by atoms with Gasteiger partial charge in [-0.1, -0.05) is 11.6 Å².